The highest BCUT2D eigenvalue weighted by molar-refractivity contribution is 5.95. The molecule has 0 aliphatic heterocycles. The minimum Gasteiger partial charge on any atom is -0.381 e. The van der Waals surface area contributed by atoms with Crippen LogP contribution >= 0.6 is 0 Å². The van der Waals surface area contributed by atoms with Crippen molar-refractivity contribution in [3.8, 4) is 0 Å². The molecule has 5 nitrogen and oxygen atoms in total. The number of anilines is 1. The first-order valence-electron chi connectivity index (χ1n) is 6.36. The summed E-state index contributed by atoms with van der Waals surface area (Å²) < 4.78 is 1.66. The van der Waals surface area contributed by atoms with Crippen LogP contribution in [-0.2, 0) is 6.54 Å². The van der Waals surface area contributed by atoms with Gasteiger partial charge < -0.3 is 10.6 Å². The summed E-state index contributed by atoms with van der Waals surface area (Å²) in [5.41, 5.74) is 3.73. The van der Waals surface area contributed by atoms with Crippen molar-refractivity contribution in [2.45, 2.75) is 13.5 Å². The molecular weight excluding hydrogens is 252 g/mol. The van der Waals surface area contributed by atoms with Gasteiger partial charge >= 0.3 is 0 Å². The molecule has 1 aromatic carbocycles. The van der Waals surface area contributed by atoms with Crippen molar-refractivity contribution < 1.29 is 4.79 Å². The van der Waals surface area contributed by atoms with Crippen molar-refractivity contribution >= 4 is 17.8 Å². The Morgan fingerprint density at radius 2 is 2.30 bits per heavy atom. The molecule has 0 bridgehead atoms. The van der Waals surface area contributed by atoms with E-state index in [-0.39, 0.29) is 5.91 Å². The Labute approximate surface area is 118 Å². The molecule has 20 heavy (non-hydrogen) atoms. The molecule has 0 atom stereocenters. The average Bonchev–Trinajstić information content (AvgIpc) is 2.93. The van der Waals surface area contributed by atoms with Gasteiger partial charge in [0.15, 0.2) is 0 Å². The van der Waals surface area contributed by atoms with Crippen LogP contribution in [0.25, 0.3) is 6.20 Å². The lowest BCUT2D eigenvalue weighted by Gasteiger charge is -2.10. The smallest absolute Gasteiger partial charge is 0.251 e. The van der Waals surface area contributed by atoms with E-state index in [2.05, 4.69) is 22.3 Å². The van der Waals surface area contributed by atoms with Crippen LogP contribution in [0.4, 0.5) is 5.69 Å². The lowest BCUT2D eigenvalue weighted by atomic mass is 10.1. The Kier molecular flexibility index (Phi) is 4.20. The first kappa shape index (κ1) is 13.9. The van der Waals surface area contributed by atoms with Crippen LogP contribution in [0, 0.1) is 6.92 Å². The SMILES string of the molecule is C=Cn1cc(CNc2cc(C(=O)NC)ccc2C)cn1. The summed E-state index contributed by atoms with van der Waals surface area (Å²) in [5, 5.41) is 10.1. The third-order valence-corrected chi connectivity index (χ3v) is 3.05. The monoisotopic (exact) mass is 270 g/mol. The molecule has 0 aliphatic carbocycles. The number of rotatable bonds is 5. The molecule has 104 valence electrons. The lowest BCUT2D eigenvalue weighted by Crippen LogP contribution is -2.18. The van der Waals surface area contributed by atoms with Gasteiger partial charge in [0.2, 0.25) is 0 Å². The van der Waals surface area contributed by atoms with Crippen LogP contribution in [-0.4, -0.2) is 22.7 Å². The van der Waals surface area contributed by atoms with Gasteiger partial charge in [0.1, 0.15) is 0 Å². The molecule has 0 aliphatic rings. The third-order valence-electron chi connectivity index (χ3n) is 3.05. The zero-order valence-electron chi connectivity index (χ0n) is 11.7. The van der Waals surface area contributed by atoms with Gasteiger partial charge in [-0.2, -0.15) is 5.10 Å². The van der Waals surface area contributed by atoms with Gasteiger partial charge in [0, 0.05) is 42.8 Å². The number of hydrogen-bond acceptors (Lipinski definition) is 3. The van der Waals surface area contributed by atoms with E-state index in [0.717, 1.165) is 16.8 Å². The van der Waals surface area contributed by atoms with Crippen molar-refractivity contribution in [2.75, 3.05) is 12.4 Å². The van der Waals surface area contributed by atoms with Gasteiger partial charge in [-0.1, -0.05) is 12.6 Å². The summed E-state index contributed by atoms with van der Waals surface area (Å²) in [6, 6.07) is 5.60. The Hall–Kier alpha value is -2.56. The molecule has 2 N–H and O–H groups in total. The molecule has 0 saturated carbocycles. The standard InChI is InChI=1S/C15H18N4O/c1-4-19-10-12(9-18-19)8-17-14-7-13(15(20)16-3)6-5-11(14)2/h4-7,9-10,17H,1,8H2,2-3H3,(H,16,20). The number of aryl methyl sites for hydroxylation is 1. The molecule has 0 spiro atoms. The number of carbonyl (C=O) groups excluding carboxylic acids is 1. The number of benzene rings is 1. The van der Waals surface area contributed by atoms with Crippen LogP contribution in [0.3, 0.4) is 0 Å². The molecule has 0 unspecified atom stereocenters. The van der Waals surface area contributed by atoms with E-state index >= 15 is 0 Å². The minimum absolute atomic E-state index is 0.0903. The number of aromatic nitrogens is 2. The molecule has 0 saturated heterocycles. The summed E-state index contributed by atoms with van der Waals surface area (Å²) in [5.74, 6) is -0.0903. The zero-order chi connectivity index (χ0) is 14.5. The van der Waals surface area contributed by atoms with Crippen LogP contribution in [0.5, 0.6) is 0 Å². The van der Waals surface area contributed by atoms with Crippen LogP contribution in [0.2, 0.25) is 0 Å². The summed E-state index contributed by atoms with van der Waals surface area (Å²) in [4.78, 5) is 11.6. The molecule has 1 aromatic heterocycles. The van der Waals surface area contributed by atoms with Gasteiger partial charge in [-0.25, -0.2) is 4.68 Å². The average molecular weight is 270 g/mol. The third kappa shape index (κ3) is 3.06. The van der Waals surface area contributed by atoms with Crippen LogP contribution < -0.4 is 10.6 Å². The molecule has 0 fully saturated rings. The van der Waals surface area contributed by atoms with E-state index in [0.29, 0.717) is 12.1 Å². The highest BCUT2D eigenvalue weighted by atomic mass is 16.1. The molecule has 0 radical (unpaired) electrons. The predicted octanol–water partition coefficient (Wildman–Crippen LogP) is 2.26. The maximum Gasteiger partial charge on any atom is 0.251 e. The largest absolute Gasteiger partial charge is 0.381 e. The molecule has 2 aromatic rings. The number of nitrogens with one attached hydrogen (secondary N) is 2. The van der Waals surface area contributed by atoms with E-state index in [9.17, 15) is 4.79 Å². The number of amides is 1. The number of hydrogen-bond donors (Lipinski definition) is 2. The van der Waals surface area contributed by atoms with Gasteiger partial charge in [0.05, 0.1) is 6.20 Å². The fourth-order valence-electron chi connectivity index (χ4n) is 1.86. The van der Waals surface area contributed by atoms with Gasteiger partial charge in [0.25, 0.3) is 5.91 Å². The van der Waals surface area contributed by atoms with E-state index in [4.69, 9.17) is 0 Å². The maximum atomic E-state index is 11.6. The number of carbonyl (C=O) groups is 1. The zero-order valence-corrected chi connectivity index (χ0v) is 11.7. The fourth-order valence-corrected chi connectivity index (χ4v) is 1.86. The summed E-state index contributed by atoms with van der Waals surface area (Å²) >= 11 is 0. The normalized spacial score (nSPS) is 10.1. The second-order valence-electron chi connectivity index (χ2n) is 4.47. The quantitative estimate of drug-likeness (QED) is 0.876. The Balaban J connectivity index is 2.12. The van der Waals surface area contributed by atoms with E-state index in [1.165, 1.54) is 0 Å². The number of nitrogens with zero attached hydrogens (tertiary/aromatic N) is 2. The lowest BCUT2D eigenvalue weighted by molar-refractivity contribution is 0.0963. The van der Waals surface area contributed by atoms with Gasteiger partial charge in [-0.3, -0.25) is 4.79 Å². The Morgan fingerprint density at radius 3 is 2.95 bits per heavy atom. The fraction of sp³-hybridized carbons (Fsp3) is 0.200. The summed E-state index contributed by atoms with van der Waals surface area (Å²) in [7, 11) is 1.62. The second kappa shape index (κ2) is 6.06. The molecular formula is C15H18N4O. The first-order chi connectivity index (χ1) is 9.63. The maximum absolute atomic E-state index is 11.6. The van der Waals surface area contributed by atoms with Crippen LogP contribution in [0.1, 0.15) is 21.5 Å². The van der Waals surface area contributed by atoms with Gasteiger partial charge in [-0.15, -0.1) is 0 Å². The highest BCUT2D eigenvalue weighted by Crippen LogP contribution is 2.18. The van der Waals surface area contributed by atoms with E-state index < -0.39 is 0 Å². The Bertz CT molecular complexity index is 631. The highest BCUT2D eigenvalue weighted by Gasteiger charge is 2.06. The molecule has 5 heteroatoms. The van der Waals surface area contributed by atoms with Crippen molar-refractivity contribution in [3.63, 3.8) is 0 Å². The van der Waals surface area contributed by atoms with Gasteiger partial charge in [-0.05, 0) is 24.6 Å². The topological polar surface area (TPSA) is 59.0 Å². The Morgan fingerprint density at radius 1 is 1.50 bits per heavy atom. The second-order valence-corrected chi connectivity index (χ2v) is 4.47. The van der Waals surface area contributed by atoms with Crippen molar-refractivity contribution in [2.24, 2.45) is 0 Å². The van der Waals surface area contributed by atoms with Crippen LogP contribution in [0.15, 0.2) is 37.2 Å². The predicted molar refractivity (Wildman–Crippen MR) is 80.5 cm³/mol. The summed E-state index contributed by atoms with van der Waals surface area (Å²) in [6.07, 6.45) is 5.32. The molecule has 2 rings (SSSR count). The van der Waals surface area contributed by atoms with Crippen molar-refractivity contribution in [1.82, 2.24) is 15.1 Å². The van der Waals surface area contributed by atoms with E-state index in [1.807, 2.05) is 31.3 Å². The van der Waals surface area contributed by atoms with E-state index in [1.54, 1.807) is 24.1 Å². The van der Waals surface area contributed by atoms with Crippen molar-refractivity contribution in [1.29, 1.82) is 0 Å². The molecule has 1 heterocycles. The summed E-state index contributed by atoms with van der Waals surface area (Å²) in [6.45, 7) is 6.30. The molecule has 1 amide bonds. The van der Waals surface area contributed by atoms with Crippen molar-refractivity contribution in [3.05, 3.63) is 53.9 Å². The minimum atomic E-state index is -0.0903. The first-order valence-corrected chi connectivity index (χ1v) is 6.36.